The highest BCUT2D eigenvalue weighted by Crippen LogP contribution is 2.28. The van der Waals surface area contributed by atoms with E-state index in [0.29, 0.717) is 0 Å². The van der Waals surface area contributed by atoms with Crippen molar-refractivity contribution in [3.63, 3.8) is 0 Å². The van der Waals surface area contributed by atoms with Crippen molar-refractivity contribution in [1.29, 1.82) is 0 Å². The molecule has 0 spiro atoms. The Morgan fingerprint density at radius 2 is 1.84 bits per heavy atom. The largest absolute Gasteiger partial charge is 0.481 e. The minimum atomic E-state index is -0.824. The third-order valence-corrected chi connectivity index (χ3v) is 4.66. The minimum Gasteiger partial charge on any atom is -0.481 e. The summed E-state index contributed by atoms with van der Waals surface area (Å²) in [5.74, 6) is 4.76. The first-order valence-electron chi connectivity index (χ1n) is 8.77. The third kappa shape index (κ3) is 4.22. The summed E-state index contributed by atoms with van der Waals surface area (Å²) in [7, 11) is 0. The number of nitrogens with zero attached hydrogens (tertiary/aromatic N) is 1. The molecule has 2 aromatic rings. The Morgan fingerprint density at radius 1 is 1.12 bits per heavy atom. The Bertz CT molecular complexity index is 793. The lowest BCUT2D eigenvalue weighted by Crippen LogP contribution is -2.17. The molecule has 0 amide bonds. The Hall–Kier alpha value is -2.73. The zero-order valence-electron chi connectivity index (χ0n) is 14.5. The predicted octanol–water partition coefficient (Wildman–Crippen LogP) is 4.54. The van der Waals surface area contributed by atoms with Gasteiger partial charge in [-0.1, -0.05) is 42.3 Å². The highest BCUT2D eigenvalue weighted by atomic mass is 16.4. The summed E-state index contributed by atoms with van der Waals surface area (Å²) in [6, 6.07) is 16.7. The van der Waals surface area contributed by atoms with Crippen LogP contribution in [-0.2, 0) is 4.79 Å². The van der Waals surface area contributed by atoms with Crippen molar-refractivity contribution < 1.29 is 9.90 Å². The molecule has 1 unspecified atom stereocenters. The van der Waals surface area contributed by atoms with E-state index in [1.165, 1.54) is 24.1 Å². The second-order valence-electron chi connectivity index (χ2n) is 6.41. The summed E-state index contributed by atoms with van der Waals surface area (Å²) in [5.41, 5.74) is 4.56. The van der Waals surface area contributed by atoms with E-state index in [0.717, 1.165) is 24.2 Å². The van der Waals surface area contributed by atoms with Crippen LogP contribution in [0.2, 0.25) is 0 Å². The molecule has 3 heteroatoms. The molecule has 0 aliphatic carbocycles. The van der Waals surface area contributed by atoms with E-state index < -0.39 is 5.97 Å². The normalized spacial score (nSPS) is 14.7. The van der Waals surface area contributed by atoms with Crippen LogP contribution in [0.4, 0.5) is 5.69 Å². The van der Waals surface area contributed by atoms with Gasteiger partial charge in [0, 0.05) is 18.8 Å². The molecule has 3 rings (SSSR count). The van der Waals surface area contributed by atoms with E-state index >= 15 is 0 Å². The maximum absolute atomic E-state index is 11.0. The van der Waals surface area contributed by atoms with Gasteiger partial charge in [-0.2, -0.15) is 0 Å². The van der Waals surface area contributed by atoms with Gasteiger partial charge in [0.1, 0.15) is 0 Å². The SMILES string of the molecule is CC#CC(CC(=O)O)c1ccc(-c2cccc(N3CCCC3)c2)cc1. The third-order valence-electron chi connectivity index (χ3n) is 4.66. The van der Waals surface area contributed by atoms with Gasteiger partial charge in [0.05, 0.1) is 12.3 Å². The molecule has 0 radical (unpaired) electrons. The van der Waals surface area contributed by atoms with Crippen molar-refractivity contribution in [2.45, 2.75) is 32.1 Å². The van der Waals surface area contributed by atoms with Crippen LogP contribution < -0.4 is 4.90 Å². The maximum Gasteiger partial charge on any atom is 0.304 e. The molecule has 0 saturated carbocycles. The molecule has 3 nitrogen and oxygen atoms in total. The van der Waals surface area contributed by atoms with Crippen molar-refractivity contribution in [2.75, 3.05) is 18.0 Å². The van der Waals surface area contributed by atoms with Gasteiger partial charge >= 0.3 is 5.97 Å². The number of hydrogen-bond acceptors (Lipinski definition) is 2. The van der Waals surface area contributed by atoms with Crippen LogP contribution in [-0.4, -0.2) is 24.2 Å². The van der Waals surface area contributed by atoms with E-state index in [9.17, 15) is 4.79 Å². The molecule has 1 saturated heterocycles. The van der Waals surface area contributed by atoms with Crippen molar-refractivity contribution >= 4 is 11.7 Å². The molecule has 0 aromatic heterocycles. The quantitative estimate of drug-likeness (QED) is 0.817. The summed E-state index contributed by atoms with van der Waals surface area (Å²) >= 11 is 0. The van der Waals surface area contributed by atoms with Crippen LogP contribution >= 0.6 is 0 Å². The Balaban J connectivity index is 1.83. The molecular formula is C22H23NO2. The average molecular weight is 333 g/mol. The highest BCUT2D eigenvalue weighted by molar-refractivity contribution is 5.71. The molecule has 1 heterocycles. The van der Waals surface area contributed by atoms with E-state index in [1.807, 2.05) is 12.1 Å². The van der Waals surface area contributed by atoms with Crippen LogP contribution in [0.25, 0.3) is 11.1 Å². The van der Waals surface area contributed by atoms with Gasteiger partial charge in [-0.25, -0.2) is 0 Å². The van der Waals surface area contributed by atoms with Crippen molar-refractivity contribution in [3.8, 4) is 23.0 Å². The molecule has 25 heavy (non-hydrogen) atoms. The number of anilines is 1. The number of carboxylic acid groups (broad SMARTS) is 1. The molecule has 0 bridgehead atoms. The Kier molecular flexibility index (Phi) is 5.40. The molecule has 128 valence electrons. The van der Waals surface area contributed by atoms with Crippen molar-refractivity contribution in [2.24, 2.45) is 0 Å². The molecule has 1 N–H and O–H groups in total. The van der Waals surface area contributed by atoms with Crippen LogP contribution in [0.15, 0.2) is 48.5 Å². The molecule has 1 fully saturated rings. The smallest absolute Gasteiger partial charge is 0.304 e. The van der Waals surface area contributed by atoms with E-state index in [-0.39, 0.29) is 12.3 Å². The predicted molar refractivity (Wildman–Crippen MR) is 102 cm³/mol. The van der Waals surface area contributed by atoms with Crippen LogP contribution in [0.3, 0.4) is 0 Å². The van der Waals surface area contributed by atoms with Gasteiger partial charge in [-0.3, -0.25) is 4.79 Å². The molecule has 1 aliphatic rings. The van der Waals surface area contributed by atoms with Crippen LogP contribution in [0, 0.1) is 11.8 Å². The van der Waals surface area contributed by atoms with Crippen LogP contribution in [0.1, 0.15) is 37.7 Å². The number of carbonyl (C=O) groups is 1. The average Bonchev–Trinajstić information content (AvgIpc) is 3.16. The van der Waals surface area contributed by atoms with Crippen LogP contribution in [0.5, 0.6) is 0 Å². The first-order chi connectivity index (χ1) is 12.2. The Labute approximate surface area is 149 Å². The fraction of sp³-hybridized carbons (Fsp3) is 0.318. The molecular weight excluding hydrogens is 310 g/mol. The fourth-order valence-electron chi connectivity index (χ4n) is 3.37. The summed E-state index contributed by atoms with van der Waals surface area (Å²) in [6.45, 7) is 4.01. The van der Waals surface area contributed by atoms with Gasteiger partial charge in [0.2, 0.25) is 0 Å². The summed E-state index contributed by atoms with van der Waals surface area (Å²) in [5, 5.41) is 9.07. The van der Waals surface area contributed by atoms with Gasteiger partial charge in [0.15, 0.2) is 0 Å². The van der Waals surface area contributed by atoms with Crippen molar-refractivity contribution in [3.05, 3.63) is 54.1 Å². The number of benzene rings is 2. The first-order valence-corrected chi connectivity index (χ1v) is 8.77. The molecule has 1 aliphatic heterocycles. The topological polar surface area (TPSA) is 40.5 Å². The first kappa shape index (κ1) is 17.1. The fourth-order valence-corrected chi connectivity index (χ4v) is 3.37. The molecule has 1 atom stereocenters. The lowest BCUT2D eigenvalue weighted by Gasteiger charge is -2.18. The number of carboxylic acids is 1. The standard InChI is InChI=1S/C22H23NO2/c1-2-6-19(16-22(24)25)17-9-11-18(12-10-17)20-7-5-8-21(15-20)23-13-3-4-14-23/h5,7-12,15,19H,3-4,13-14,16H2,1H3,(H,24,25). The molecule has 2 aromatic carbocycles. The van der Waals surface area contributed by atoms with E-state index in [1.54, 1.807) is 6.92 Å². The van der Waals surface area contributed by atoms with Gasteiger partial charge in [-0.05, 0) is 48.6 Å². The summed E-state index contributed by atoms with van der Waals surface area (Å²) in [4.78, 5) is 13.5. The zero-order valence-corrected chi connectivity index (χ0v) is 14.5. The number of hydrogen-bond donors (Lipinski definition) is 1. The maximum atomic E-state index is 11.0. The van der Waals surface area contributed by atoms with E-state index in [2.05, 4.69) is 53.1 Å². The van der Waals surface area contributed by atoms with Gasteiger partial charge < -0.3 is 10.0 Å². The number of aliphatic carboxylic acids is 1. The second-order valence-corrected chi connectivity index (χ2v) is 6.41. The van der Waals surface area contributed by atoms with Crippen molar-refractivity contribution in [1.82, 2.24) is 0 Å². The minimum absolute atomic E-state index is 0.0324. The summed E-state index contributed by atoms with van der Waals surface area (Å²) < 4.78 is 0. The van der Waals surface area contributed by atoms with E-state index in [4.69, 9.17) is 5.11 Å². The highest BCUT2D eigenvalue weighted by Gasteiger charge is 2.14. The Morgan fingerprint density at radius 3 is 2.48 bits per heavy atom. The zero-order chi connectivity index (χ0) is 17.6. The monoisotopic (exact) mass is 333 g/mol. The lowest BCUT2D eigenvalue weighted by molar-refractivity contribution is -0.137. The number of rotatable bonds is 5. The van der Waals surface area contributed by atoms with Gasteiger partial charge in [0.25, 0.3) is 0 Å². The lowest BCUT2D eigenvalue weighted by atomic mass is 9.94. The van der Waals surface area contributed by atoms with Gasteiger partial charge in [-0.15, -0.1) is 5.92 Å². The second kappa shape index (κ2) is 7.90. The summed E-state index contributed by atoms with van der Waals surface area (Å²) in [6.07, 6.45) is 2.56.